The van der Waals surface area contributed by atoms with Crippen LogP contribution >= 0.6 is 31.9 Å². The van der Waals surface area contributed by atoms with Gasteiger partial charge in [0.15, 0.2) is 0 Å². The Morgan fingerprint density at radius 3 is 2.60 bits per heavy atom. The molecule has 1 heterocycles. The minimum Gasteiger partial charge on any atom is -0.491 e. The van der Waals surface area contributed by atoms with Gasteiger partial charge in [0.05, 0.1) is 6.04 Å². The minimum absolute atomic E-state index is 0.0227. The predicted octanol–water partition coefficient (Wildman–Crippen LogP) is 2.86. The Morgan fingerprint density at radius 1 is 1.25 bits per heavy atom. The first kappa shape index (κ1) is 15.0. The summed E-state index contributed by atoms with van der Waals surface area (Å²) in [6.45, 7) is 2.43. The highest BCUT2D eigenvalue weighted by atomic mass is 79.9. The van der Waals surface area contributed by atoms with E-state index in [4.69, 9.17) is 10.5 Å². The topological polar surface area (TPSA) is 86.0 Å². The molecule has 0 aliphatic rings. The molecule has 1 atom stereocenters. The molecule has 0 saturated heterocycles. The van der Waals surface area contributed by atoms with Gasteiger partial charge in [0.25, 0.3) is 0 Å². The van der Waals surface area contributed by atoms with Crippen LogP contribution in [0.15, 0.2) is 33.5 Å². The maximum absolute atomic E-state index is 5.71. The van der Waals surface area contributed by atoms with E-state index in [2.05, 4.69) is 52.1 Å². The number of hydrogen-bond donors (Lipinski definition) is 2. The molecule has 2 rings (SSSR count). The second-order valence-corrected chi connectivity index (χ2v) is 5.96. The number of nitrogens with one attached hydrogen (secondary N) is 1. The third-order valence-corrected chi connectivity index (χ3v) is 3.22. The highest BCUT2D eigenvalue weighted by Gasteiger charge is 2.06. The number of halogens is 2. The van der Waals surface area contributed by atoms with Gasteiger partial charge in [0.2, 0.25) is 11.9 Å². The second-order valence-electron chi connectivity index (χ2n) is 4.13. The van der Waals surface area contributed by atoms with Gasteiger partial charge >= 0.3 is 0 Å². The molecule has 0 spiro atoms. The molecule has 0 amide bonds. The van der Waals surface area contributed by atoms with Crippen molar-refractivity contribution >= 4 is 43.8 Å². The van der Waals surface area contributed by atoms with E-state index >= 15 is 0 Å². The number of aromatic nitrogens is 3. The molecule has 2 aromatic rings. The fourth-order valence-electron chi connectivity index (χ4n) is 1.47. The van der Waals surface area contributed by atoms with Crippen LogP contribution in [0.5, 0.6) is 5.75 Å². The molecule has 0 bridgehead atoms. The smallest absolute Gasteiger partial charge is 0.227 e. The first-order valence-corrected chi connectivity index (χ1v) is 7.41. The summed E-state index contributed by atoms with van der Waals surface area (Å²) in [5.41, 5.74) is 5.49. The summed E-state index contributed by atoms with van der Waals surface area (Å²) < 4.78 is 7.61. The largest absolute Gasteiger partial charge is 0.491 e. The zero-order valence-corrected chi connectivity index (χ0v) is 13.8. The van der Waals surface area contributed by atoms with E-state index < -0.39 is 0 Å². The summed E-state index contributed by atoms with van der Waals surface area (Å²) >= 11 is 6.83. The third kappa shape index (κ3) is 4.61. The molecule has 0 radical (unpaired) electrons. The molecule has 0 saturated carbocycles. The van der Waals surface area contributed by atoms with E-state index in [0.29, 0.717) is 12.6 Å². The first-order chi connectivity index (χ1) is 9.52. The van der Waals surface area contributed by atoms with Gasteiger partial charge < -0.3 is 15.8 Å². The van der Waals surface area contributed by atoms with E-state index in [0.717, 1.165) is 14.7 Å². The Labute approximate surface area is 133 Å². The monoisotopic (exact) mass is 401 g/mol. The lowest BCUT2D eigenvalue weighted by atomic mass is 10.3. The maximum atomic E-state index is 5.71. The molecule has 20 heavy (non-hydrogen) atoms. The molecule has 1 unspecified atom stereocenters. The number of nitrogens with two attached hydrogens (primary N) is 1. The standard InChI is InChI=1S/C12H13Br2N5O/c1-7(18-12-17-6-16-11(15)19-12)5-20-10-3-8(13)2-9(14)4-10/h2-4,6-7H,5H2,1H3,(H3,15,16,17,18,19). The van der Waals surface area contributed by atoms with Crippen molar-refractivity contribution in [3.63, 3.8) is 0 Å². The molecule has 8 heteroatoms. The zero-order chi connectivity index (χ0) is 14.5. The third-order valence-electron chi connectivity index (χ3n) is 2.30. The van der Waals surface area contributed by atoms with Crippen LogP contribution in [0, 0.1) is 0 Å². The number of anilines is 2. The van der Waals surface area contributed by atoms with Gasteiger partial charge in [-0.3, -0.25) is 0 Å². The van der Waals surface area contributed by atoms with Crippen molar-refractivity contribution in [3.05, 3.63) is 33.5 Å². The van der Waals surface area contributed by atoms with Crippen molar-refractivity contribution in [2.45, 2.75) is 13.0 Å². The average Bonchev–Trinajstić information content (AvgIpc) is 2.35. The van der Waals surface area contributed by atoms with Crippen LogP contribution in [-0.2, 0) is 0 Å². The van der Waals surface area contributed by atoms with Crippen molar-refractivity contribution in [1.82, 2.24) is 15.0 Å². The summed E-state index contributed by atoms with van der Waals surface area (Å²) in [6.07, 6.45) is 1.36. The quantitative estimate of drug-likeness (QED) is 0.799. The molecule has 106 valence electrons. The van der Waals surface area contributed by atoms with Gasteiger partial charge in [-0.15, -0.1) is 0 Å². The van der Waals surface area contributed by atoms with Crippen molar-refractivity contribution in [3.8, 4) is 5.75 Å². The van der Waals surface area contributed by atoms with Crippen LogP contribution in [-0.4, -0.2) is 27.6 Å². The van der Waals surface area contributed by atoms with Crippen molar-refractivity contribution in [2.75, 3.05) is 17.7 Å². The summed E-state index contributed by atoms with van der Waals surface area (Å²) in [7, 11) is 0. The number of nitrogens with zero attached hydrogens (tertiary/aromatic N) is 3. The summed E-state index contributed by atoms with van der Waals surface area (Å²) in [5.74, 6) is 1.39. The fraction of sp³-hybridized carbons (Fsp3) is 0.250. The number of benzene rings is 1. The first-order valence-electron chi connectivity index (χ1n) is 5.83. The molecule has 0 fully saturated rings. The number of rotatable bonds is 5. The predicted molar refractivity (Wildman–Crippen MR) is 84.7 cm³/mol. The lowest BCUT2D eigenvalue weighted by molar-refractivity contribution is 0.303. The maximum Gasteiger partial charge on any atom is 0.227 e. The molecule has 1 aromatic heterocycles. The Hall–Kier alpha value is -1.41. The van der Waals surface area contributed by atoms with Crippen molar-refractivity contribution in [1.29, 1.82) is 0 Å². The van der Waals surface area contributed by atoms with Crippen LogP contribution < -0.4 is 15.8 Å². The molecule has 3 N–H and O–H groups in total. The SMILES string of the molecule is CC(COc1cc(Br)cc(Br)c1)Nc1ncnc(N)n1. The second kappa shape index (κ2) is 6.85. The van der Waals surface area contributed by atoms with Gasteiger partial charge in [-0.25, -0.2) is 9.97 Å². The molecule has 0 aliphatic heterocycles. The Kier molecular flexibility index (Phi) is 5.13. The Morgan fingerprint density at radius 2 is 1.95 bits per heavy atom. The van der Waals surface area contributed by atoms with E-state index in [1.165, 1.54) is 6.33 Å². The van der Waals surface area contributed by atoms with Gasteiger partial charge in [-0.05, 0) is 25.1 Å². The molecule has 1 aromatic carbocycles. The van der Waals surface area contributed by atoms with Gasteiger partial charge in [-0.1, -0.05) is 31.9 Å². The normalized spacial score (nSPS) is 11.9. The van der Waals surface area contributed by atoms with E-state index in [-0.39, 0.29) is 12.0 Å². The molecular formula is C12H13Br2N5O. The van der Waals surface area contributed by atoms with Gasteiger partial charge in [0.1, 0.15) is 18.7 Å². The average molecular weight is 403 g/mol. The molecular weight excluding hydrogens is 390 g/mol. The molecule has 0 aliphatic carbocycles. The molecule has 6 nitrogen and oxygen atoms in total. The Bertz CT molecular complexity index is 576. The summed E-state index contributed by atoms with van der Waals surface area (Å²) in [4.78, 5) is 11.7. The van der Waals surface area contributed by atoms with Crippen molar-refractivity contribution in [2.24, 2.45) is 0 Å². The Balaban J connectivity index is 1.90. The highest BCUT2D eigenvalue weighted by Crippen LogP contribution is 2.25. The fourth-order valence-corrected chi connectivity index (χ4v) is 2.73. The van der Waals surface area contributed by atoms with Crippen LogP contribution in [0.3, 0.4) is 0 Å². The summed E-state index contributed by atoms with van der Waals surface area (Å²) in [6, 6.07) is 5.77. The zero-order valence-electron chi connectivity index (χ0n) is 10.7. The van der Waals surface area contributed by atoms with Crippen LogP contribution in [0.4, 0.5) is 11.9 Å². The van der Waals surface area contributed by atoms with E-state index in [1.54, 1.807) is 0 Å². The number of nitrogen functional groups attached to an aromatic ring is 1. The van der Waals surface area contributed by atoms with Gasteiger partial charge in [-0.2, -0.15) is 4.98 Å². The number of hydrogen-bond acceptors (Lipinski definition) is 6. The van der Waals surface area contributed by atoms with Crippen LogP contribution in [0.2, 0.25) is 0 Å². The highest BCUT2D eigenvalue weighted by molar-refractivity contribution is 9.11. The van der Waals surface area contributed by atoms with Crippen LogP contribution in [0.1, 0.15) is 6.92 Å². The van der Waals surface area contributed by atoms with Crippen molar-refractivity contribution < 1.29 is 4.74 Å². The lowest BCUT2D eigenvalue weighted by Gasteiger charge is -2.15. The van der Waals surface area contributed by atoms with E-state index in [9.17, 15) is 0 Å². The van der Waals surface area contributed by atoms with Gasteiger partial charge in [0, 0.05) is 8.95 Å². The number of ether oxygens (including phenoxy) is 1. The van der Waals surface area contributed by atoms with E-state index in [1.807, 2.05) is 25.1 Å². The minimum atomic E-state index is 0.0227. The van der Waals surface area contributed by atoms with Crippen LogP contribution in [0.25, 0.3) is 0 Å². The lowest BCUT2D eigenvalue weighted by Crippen LogP contribution is -2.24. The summed E-state index contributed by atoms with van der Waals surface area (Å²) in [5, 5.41) is 3.09.